The van der Waals surface area contributed by atoms with Crippen LogP contribution in [0, 0.1) is 0 Å². The Morgan fingerprint density at radius 3 is 1.85 bits per heavy atom. The highest BCUT2D eigenvalue weighted by Crippen LogP contribution is 2.24. The first-order chi connectivity index (χ1) is 13.2. The van der Waals surface area contributed by atoms with E-state index in [9.17, 15) is 15.3 Å². The molecule has 0 aliphatic heterocycles. The largest absolute Gasteiger partial charge is 0.508 e. The maximum absolute atomic E-state index is 10.8. The summed E-state index contributed by atoms with van der Waals surface area (Å²) in [5.41, 5.74) is 3.47. The number of nitrogens with zero attached hydrogens (tertiary/aromatic N) is 1. The highest BCUT2D eigenvalue weighted by Gasteiger charge is 2.16. The van der Waals surface area contributed by atoms with E-state index in [1.807, 2.05) is 36.4 Å². The molecule has 3 N–H and O–H groups in total. The van der Waals surface area contributed by atoms with Crippen molar-refractivity contribution < 1.29 is 15.3 Å². The predicted octanol–water partition coefficient (Wildman–Crippen LogP) is 3.62. The third-order valence-corrected chi connectivity index (χ3v) is 4.59. The van der Waals surface area contributed by atoms with E-state index in [1.54, 1.807) is 12.1 Å². The molecule has 0 saturated heterocycles. The average molecular weight is 363 g/mol. The second kappa shape index (κ2) is 9.33. The zero-order chi connectivity index (χ0) is 19.1. The predicted molar refractivity (Wildman–Crippen MR) is 106 cm³/mol. The fourth-order valence-corrected chi connectivity index (χ4v) is 3.16. The van der Waals surface area contributed by atoms with E-state index in [0.29, 0.717) is 17.7 Å². The molecular weight excluding hydrogens is 338 g/mol. The molecule has 3 aromatic carbocycles. The van der Waals surface area contributed by atoms with Crippen molar-refractivity contribution in [3.05, 3.63) is 101 Å². The van der Waals surface area contributed by atoms with Gasteiger partial charge in [-0.2, -0.15) is 0 Å². The molecule has 0 spiro atoms. The summed E-state index contributed by atoms with van der Waals surface area (Å²) < 4.78 is 0. The van der Waals surface area contributed by atoms with Crippen molar-refractivity contribution in [2.24, 2.45) is 0 Å². The maximum Gasteiger partial charge on any atom is 0.121 e. The number of aliphatic hydroxyl groups is 2. The first-order valence-corrected chi connectivity index (χ1v) is 9.06. The number of benzene rings is 3. The fraction of sp³-hybridized carbons (Fsp3) is 0.217. The maximum atomic E-state index is 10.8. The lowest BCUT2D eigenvalue weighted by atomic mass is 10.0. The highest BCUT2D eigenvalue weighted by atomic mass is 16.3. The Hall–Kier alpha value is -2.66. The summed E-state index contributed by atoms with van der Waals surface area (Å²) in [5.74, 6) is 0.0406. The standard InChI is InChI=1S/C23H25NO3/c25-17-21-13-20(11-12-22(21)26)23(27)16-24(14-18-7-3-1-4-8-18)15-19-9-5-2-6-10-19/h1-13,23,25-27H,14-17H2. The van der Waals surface area contributed by atoms with Crippen molar-refractivity contribution in [2.45, 2.75) is 25.8 Å². The number of aliphatic hydroxyl groups excluding tert-OH is 2. The van der Waals surface area contributed by atoms with Gasteiger partial charge in [0.1, 0.15) is 5.75 Å². The molecule has 4 nitrogen and oxygen atoms in total. The van der Waals surface area contributed by atoms with Gasteiger partial charge >= 0.3 is 0 Å². The quantitative estimate of drug-likeness (QED) is 0.572. The SMILES string of the molecule is OCc1cc(C(O)CN(Cc2ccccc2)Cc2ccccc2)ccc1O. The van der Waals surface area contributed by atoms with Crippen LogP contribution in [0.25, 0.3) is 0 Å². The molecule has 1 unspecified atom stereocenters. The van der Waals surface area contributed by atoms with Gasteiger partial charge in [-0.15, -0.1) is 0 Å². The van der Waals surface area contributed by atoms with Gasteiger partial charge in [0.25, 0.3) is 0 Å². The molecule has 0 aromatic heterocycles. The van der Waals surface area contributed by atoms with Crippen LogP contribution in [-0.2, 0) is 19.7 Å². The number of hydrogen-bond acceptors (Lipinski definition) is 4. The third kappa shape index (κ3) is 5.41. The van der Waals surface area contributed by atoms with Crippen LogP contribution in [-0.4, -0.2) is 26.8 Å². The van der Waals surface area contributed by atoms with Gasteiger partial charge in [0.05, 0.1) is 12.7 Å². The van der Waals surface area contributed by atoms with Crippen molar-refractivity contribution in [3.8, 4) is 5.75 Å². The zero-order valence-corrected chi connectivity index (χ0v) is 15.2. The van der Waals surface area contributed by atoms with E-state index < -0.39 is 6.10 Å². The van der Waals surface area contributed by atoms with Crippen LogP contribution in [0.5, 0.6) is 5.75 Å². The van der Waals surface area contributed by atoms with Crippen molar-refractivity contribution in [1.82, 2.24) is 4.90 Å². The summed E-state index contributed by atoms with van der Waals surface area (Å²) in [6, 6.07) is 25.2. The number of rotatable bonds is 8. The van der Waals surface area contributed by atoms with Gasteiger partial charge in [0, 0.05) is 25.2 Å². The molecule has 0 radical (unpaired) electrons. The van der Waals surface area contributed by atoms with E-state index in [4.69, 9.17) is 0 Å². The molecule has 3 aromatic rings. The normalized spacial score (nSPS) is 12.3. The van der Waals surface area contributed by atoms with Crippen LogP contribution >= 0.6 is 0 Å². The van der Waals surface area contributed by atoms with E-state index in [0.717, 1.165) is 13.1 Å². The summed E-state index contributed by atoms with van der Waals surface area (Å²) in [4.78, 5) is 2.20. The van der Waals surface area contributed by atoms with Crippen LogP contribution in [0.3, 0.4) is 0 Å². The second-order valence-corrected chi connectivity index (χ2v) is 6.70. The second-order valence-electron chi connectivity index (χ2n) is 6.70. The lowest BCUT2D eigenvalue weighted by molar-refractivity contribution is 0.105. The average Bonchev–Trinajstić information content (AvgIpc) is 2.69. The van der Waals surface area contributed by atoms with Crippen LogP contribution in [0.1, 0.15) is 28.4 Å². The molecule has 0 aliphatic carbocycles. The van der Waals surface area contributed by atoms with Crippen molar-refractivity contribution >= 4 is 0 Å². The van der Waals surface area contributed by atoms with Gasteiger partial charge in [-0.3, -0.25) is 4.90 Å². The van der Waals surface area contributed by atoms with Crippen molar-refractivity contribution in [3.63, 3.8) is 0 Å². The molecule has 0 heterocycles. The molecular formula is C23H25NO3. The first kappa shape index (κ1) is 19.1. The Labute approximate surface area is 160 Å². The minimum atomic E-state index is -0.719. The minimum Gasteiger partial charge on any atom is -0.508 e. The van der Waals surface area contributed by atoms with E-state index in [2.05, 4.69) is 29.2 Å². The van der Waals surface area contributed by atoms with Crippen LogP contribution in [0.15, 0.2) is 78.9 Å². The topological polar surface area (TPSA) is 63.9 Å². The first-order valence-electron chi connectivity index (χ1n) is 9.06. The summed E-state index contributed by atoms with van der Waals surface area (Å²) >= 11 is 0. The van der Waals surface area contributed by atoms with E-state index >= 15 is 0 Å². The summed E-state index contributed by atoms with van der Waals surface area (Å²) in [7, 11) is 0. The van der Waals surface area contributed by atoms with Crippen LogP contribution in [0.2, 0.25) is 0 Å². The van der Waals surface area contributed by atoms with Crippen molar-refractivity contribution in [1.29, 1.82) is 0 Å². The van der Waals surface area contributed by atoms with E-state index in [1.165, 1.54) is 17.2 Å². The molecule has 3 rings (SSSR count). The lowest BCUT2D eigenvalue weighted by Crippen LogP contribution is -2.28. The van der Waals surface area contributed by atoms with Crippen molar-refractivity contribution in [2.75, 3.05) is 6.54 Å². The Morgan fingerprint density at radius 1 is 0.778 bits per heavy atom. The summed E-state index contributed by atoms with van der Waals surface area (Å²) in [6.07, 6.45) is -0.719. The third-order valence-electron chi connectivity index (χ3n) is 4.59. The van der Waals surface area contributed by atoms with E-state index in [-0.39, 0.29) is 12.4 Å². The number of phenols is 1. The van der Waals surface area contributed by atoms with Gasteiger partial charge in [0.2, 0.25) is 0 Å². The van der Waals surface area contributed by atoms with Crippen LogP contribution in [0.4, 0.5) is 0 Å². The Balaban J connectivity index is 1.77. The van der Waals surface area contributed by atoms with Gasteiger partial charge in [-0.1, -0.05) is 66.7 Å². The zero-order valence-electron chi connectivity index (χ0n) is 15.2. The monoisotopic (exact) mass is 363 g/mol. The molecule has 27 heavy (non-hydrogen) atoms. The van der Waals surface area contributed by atoms with Gasteiger partial charge in [-0.05, 0) is 28.8 Å². The molecule has 0 saturated carbocycles. The van der Waals surface area contributed by atoms with Gasteiger partial charge in [-0.25, -0.2) is 0 Å². The molecule has 0 fully saturated rings. The Kier molecular flexibility index (Phi) is 6.60. The fourth-order valence-electron chi connectivity index (χ4n) is 3.16. The molecule has 1 atom stereocenters. The Morgan fingerprint density at radius 2 is 1.33 bits per heavy atom. The molecule has 0 aliphatic rings. The highest BCUT2D eigenvalue weighted by molar-refractivity contribution is 5.36. The number of aromatic hydroxyl groups is 1. The molecule has 4 heteroatoms. The van der Waals surface area contributed by atoms with Crippen LogP contribution < -0.4 is 0 Å². The minimum absolute atomic E-state index is 0.0406. The molecule has 0 amide bonds. The number of hydrogen-bond donors (Lipinski definition) is 3. The van der Waals surface area contributed by atoms with Gasteiger partial charge < -0.3 is 15.3 Å². The smallest absolute Gasteiger partial charge is 0.121 e. The lowest BCUT2D eigenvalue weighted by Gasteiger charge is -2.26. The Bertz CT molecular complexity index is 795. The summed E-state index contributed by atoms with van der Waals surface area (Å²) in [5, 5.41) is 29.8. The molecule has 0 bridgehead atoms. The molecule has 140 valence electrons. The summed E-state index contributed by atoms with van der Waals surface area (Å²) in [6.45, 7) is 1.62. The van der Waals surface area contributed by atoms with Gasteiger partial charge in [0.15, 0.2) is 0 Å².